The molecule has 0 bridgehead atoms. The molecular weight excluding hydrogens is 188 g/mol. The van der Waals surface area contributed by atoms with E-state index < -0.39 is 0 Å². The van der Waals surface area contributed by atoms with Gasteiger partial charge in [0.2, 0.25) is 5.91 Å². The molecule has 2 fully saturated rings. The first-order valence-corrected chi connectivity index (χ1v) is 6.28. The highest BCUT2D eigenvalue weighted by Gasteiger charge is 2.57. The second kappa shape index (κ2) is 4.52. The molecule has 0 aliphatic heterocycles. The third kappa shape index (κ3) is 2.03. The molecule has 1 amide bonds. The molecular formula is C12H22N2O. The third-order valence-corrected chi connectivity index (χ3v) is 3.90. The number of fused-ring (bicyclic) bond motifs is 1. The van der Waals surface area contributed by atoms with Crippen LogP contribution in [0.5, 0.6) is 0 Å². The monoisotopic (exact) mass is 210 g/mol. The van der Waals surface area contributed by atoms with Crippen LogP contribution >= 0.6 is 0 Å². The van der Waals surface area contributed by atoms with Gasteiger partial charge in [-0.2, -0.15) is 0 Å². The zero-order valence-electron chi connectivity index (χ0n) is 9.61. The van der Waals surface area contributed by atoms with Gasteiger partial charge in [0.25, 0.3) is 0 Å². The lowest BCUT2D eigenvalue weighted by Crippen LogP contribution is -2.37. The molecule has 2 rings (SSSR count). The number of nitrogens with two attached hydrogens (primary N) is 1. The average molecular weight is 210 g/mol. The van der Waals surface area contributed by atoms with Crippen molar-refractivity contribution in [2.45, 2.75) is 32.6 Å². The molecule has 0 aromatic carbocycles. The standard InChI is InChI=1S/C12H22N2O/c1-2-7-14(8-6-13)12(15)11-9-4-3-5-10(9)11/h9-11H,2-8,13H2,1H3. The van der Waals surface area contributed by atoms with Crippen molar-refractivity contribution in [2.24, 2.45) is 23.5 Å². The fraction of sp³-hybridized carbons (Fsp3) is 0.917. The van der Waals surface area contributed by atoms with Crippen molar-refractivity contribution >= 4 is 5.91 Å². The number of hydrogen-bond acceptors (Lipinski definition) is 2. The lowest BCUT2D eigenvalue weighted by atomic mass is 10.1. The molecule has 0 aromatic heterocycles. The fourth-order valence-electron chi connectivity index (χ4n) is 3.16. The number of amides is 1. The summed E-state index contributed by atoms with van der Waals surface area (Å²) < 4.78 is 0. The Morgan fingerprint density at radius 1 is 1.33 bits per heavy atom. The first kappa shape index (κ1) is 10.9. The van der Waals surface area contributed by atoms with Crippen molar-refractivity contribution in [2.75, 3.05) is 19.6 Å². The normalized spacial score (nSPS) is 32.5. The van der Waals surface area contributed by atoms with Gasteiger partial charge in [-0.25, -0.2) is 0 Å². The van der Waals surface area contributed by atoms with Gasteiger partial charge in [0, 0.05) is 25.6 Å². The zero-order valence-corrected chi connectivity index (χ0v) is 9.61. The summed E-state index contributed by atoms with van der Waals surface area (Å²) in [6, 6.07) is 0. The van der Waals surface area contributed by atoms with E-state index in [-0.39, 0.29) is 0 Å². The third-order valence-electron chi connectivity index (χ3n) is 3.90. The first-order valence-electron chi connectivity index (χ1n) is 6.28. The fourth-order valence-corrected chi connectivity index (χ4v) is 3.16. The Morgan fingerprint density at radius 2 is 2.00 bits per heavy atom. The van der Waals surface area contributed by atoms with Crippen LogP contribution in [-0.4, -0.2) is 30.4 Å². The SMILES string of the molecule is CCCN(CCN)C(=O)C1C2CCCC21. The highest BCUT2D eigenvalue weighted by Crippen LogP contribution is 2.58. The molecule has 3 heteroatoms. The maximum Gasteiger partial charge on any atom is 0.226 e. The Hall–Kier alpha value is -0.570. The minimum atomic E-state index is 0.372. The highest BCUT2D eigenvalue weighted by molar-refractivity contribution is 5.82. The van der Waals surface area contributed by atoms with Gasteiger partial charge >= 0.3 is 0 Å². The van der Waals surface area contributed by atoms with Gasteiger partial charge in [0.15, 0.2) is 0 Å². The van der Waals surface area contributed by atoms with E-state index in [0.29, 0.717) is 18.4 Å². The summed E-state index contributed by atoms with van der Waals surface area (Å²) in [6.07, 6.45) is 4.94. The summed E-state index contributed by atoms with van der Waals surface area (Å²) >= 11 is 0. The average Bonchev–Trinajstić information content (AvgIpc) is 2.70. The van der Waals surface area contributed by atoms with Gasteiger partial charge in [-0.05, 0) is 31.1 Å². The van der Waals surface area contributed by atoms with Gasteiger partial charge in [0.05, 0.1) is 0 Å². The van der Waals surface area contributed by atoms with Crippen molar-refractivity contribution < 1.29 is 4.79 Å². The minimum absolute atomic E-state index is 0.372. The molecule has 0 aromatic rings. The van der Waals surface area contributed by atoms with E-state index in [1.165, 1.54) is 19.3 Å². The van der Waals surface area contributed by atoms with E-state index in [0.717, 1.165) is 31.3 Å². The Labute approximate surface area is 92.0 Å². The predicted molar refractivity (Wildman–Crippen MR) is 60.2 cm³/mol. The molecule has 0 spiro atoms. The summed E-state index contributed by atoms with van der Waals surface area (Å²) in [6.45, 7) is 4.33. The van der Waals surface area contributed by atoms with E-state index in [1.54, 1.807) is 0 Å². The molecule has 2 aliphatic rings. The predicted octanol–water partition coefficient (Wildman–Crippen LogP) is 1.23. The number of carbonyl (C=O) groups is 1. The van der Waals surface area contributed by atoms with Gasteiger partial charge in [-0.3, -0.25) is 4.79 Å². The minimum Gasteiger partial charge on any atom is -0.341 e. The number of nitrogens with zero attached hydrogens (tertiary/aromatic N) is 1. The van der Waals surface area contributed by atoms with Crippen LogP contribution in [0, 0.1) is 17.8 Å². The van der Waals surface area contributed by atoms with Crippen LogP contribution in [0.3, 0.4) is 0 Å². The second-order valence-electron chi connectivity index (χ2n) is 4.90. The lowest BCUT2D eigenvalue weighted by molar-refractivity contribution is -0.133. The molecule has 0 radical (unpaired) electrons. The second-order valence-corrected chi connectivity index (χ2v) is 4.90. The van der Waals surface area contributed by atoms with Crippen molar-refractivity contribution in [3.63, 3.8) is 0 Å². The van der Waals surface area contributed by atoms with E-state index >= 15 is 0 Å². The van der Waals surface area contributed by atoms with E-state index in [4.69, 9.17) is 5.73 Å². The Balaban J connectivity index is 1.88. The van der Waals surface area contributed by atoms with Gasteiger partial charge in [-0.1, -0.05) is 13.3 Å². The number of hydrogen-bond donors (Lipinski definition) is 1. The van der Waals surface area contributed by atoms with Crippen LogP contribution in [0.1, 0.15) is 32.6 Å². The molecule has 3 nitrogen and oxygen atoms in total. The molecule has 2 unspecified atom stereocenters. The molecule has 86 valence electrons. The van der Waals surface area contributed by atoms with Crippen LogP contribution in [0.25, 0.3) is 0 Å². The van der Waals surface area contributed by atoms with Crippen molar-refractivity contribution in [1.29, 1.82) is 0 Å². The largest absolute Gasteiger partial charge is 0.341 e. The maximum absolute atomic E-state index is 12.2. The lowest BCUT2D eigenvalue weighted by Gasteiger charge is -2.22. The zero-order chi connectivity index (χ0) is 10.8. The quantitative estimate of drug-likeness (QED) is 0.742. The molecule has 0 heterocycles. The molecule has 2 N–H and O–H groups in total. The van der Waals surface area contributed by atoms with Gasteiger partial charge in [0.1, 0.15) is 0 Å². The van der Waals surface area contributed by atoms with Crippen molar-refractivity contribution in [1.82, 2.24) is 4.90 Å². The number of carbonyl (C=O) groups excluding carboxylic acids is 1. The van der Waals surface area contributed by atoms with Crippen molar-refractivity contribution in [3.8, 4) is 0 Å². The number of rotatable bonds is 5. The maximum atomic E-state index is 12.2. The molecule has 2 atom stereocenters. The van der Waals surface area contributed by atoms with Gasteiger partial charge in [-0.15, -0.1) is 0 Å². The molecule has 2 saturated carbocycles. The summed E-state index contributed by atoms with van der Waals surface area (Å²) in [7, 11) is 0. The van der Waals surface area contributed by atoms with Crippen LogP contribution in [-0.2, 0) is 4.79 Å². The van der Waals surface area contributed by atoms with Crippen LogP contribution < -0.4 is 5.73 Å². The van der Waals surface area contributed by atoms with Crippen molar-refractivity contribution in [3.05, 3.63) is 0 Å². The van der Waals surface area contributed by atoms with E-state index in [1.807, 2.05) is 4.90 Å². The summed E-state index contributed by atoms with van der Waals surface area (Å²) in [4.78, 5) is 14.1. The Kier molecular flexibility index (Phi) is 3.29. The first-order chi connectivity index (χ1) is 7.29. The molecule has 2 aliphatic carbocycles. The summed E-state index contributed by atoms with van der Waals surface area (Å²) in [5.41, 5.74) is 5.54. The van der Waals surface area contributed by atoms with Crippen LogP contribution in [0.2, 0.25) is 0 Å². The van der Waals surface area contributed by atoms with E-state index in [9.17, 15) is 4.79 Å². The molecule has 15 heavy (non-hydrogen) atoms. The van der Waals surface area contributed by atoms with Crippen LogP contribution in [0.15, 0.2) is 0 Å². The molecule has 0 saturated heterocycles. The van der Waals surface area contributed by atoms with Gasteiger partial charge < -0.3 is 10.6 Å². The topological polar surface area (TPSA) is 46.3 Å². The highest BCUT2D eigenvalue weighted by atomic mass is 16.2. The Morgan fingerprint density at radius 3 is 2.53 bits per heavy atom. The van der Waals surface area contributed by atoms with E-state index in [2.05, 4.69) is 6.92 Å². The summed E-state index contributed by atoms with van der Waals surface area (Å²) in [5, 5.41) is 0. The smallest absolute Gasteiger partial charge is 0.226 e. The Bertz CT molecular complexity index is 226. The summed E-state index contributed by atoms with van der Waals surface area (Å²) in [5.74, 6) is 2.22. The van der Waals surface area contributed by atoms with Crippen LogP contribution in [0.4, 0.5) is 0 Å².